The maximum absolute atomic E-state index is 14.2. The molecule has 0 saturated carbocycles. The molecule has 0 aliphatic heterocycles. The van der Waals surface area contributed by atoms with E-state index in [2.05, 4.69) is 10.4 Å². The molecule has 33 heavy (non-hydrogen) atoms. The molecule has 4 rings (SSSR count). The van der Waals surface area contributed by atoms with E-state index in [0.717, 1.165) is 54.7 Å². The maximum Gasteiger partial charge on any atom is 0.284 e. The largest absolute Gasteiger partial charge is 0.319 e. The maximum atomic E-state index is 14.2. The minimum absolute atomic E-state index is 0.128. The standard InChI is InChI=1S/C23H12F5N3O2/c24-13-9-7-12(8-10-13)21-18(30-22(32)19-14(25)3-1-4-15(19)26)11-29-31(21)23(33)20-16(27)5-2-6-17(20)28/h1-11H,(H,30,32). The monoisotopic (exact) mass is 457 g/mol. The number of halogens is 5. The Morgan fingerprint density at radius 1 is 0.727 bits per heavy atom. The molecule has 0 atom stereocenters. The van der Waals surface area contributed by atoms with Gasteiger partial charge in [-0.05, 0) is 48.5 Å². The highest BCUT2D eigenvalue weighted by Gasteiger charge is 2.26. The number of amides is 1. The van der Waals surface area contributed by atoms with Gasteiger partial charge in [-0.15, -0.1) is 0 Å². The van der Waals surface area contributed by atoms with Gasteiger partial charge in [0.15, 0.2) is 0 Å². The molecule has 1 aromatic heterocycles. The van der Waals surface area contributed by atoms with Gasteiger partial charge in [0.2, 0.25) is 0 Å². The molecule has 166 valence electrons. The third-order valence-corrected chi connectivity index (χ3v) is 4.69. The van der Waals surface area contributed by atoms with Crippen molar-refractivity contribution in [3.05, 3.63) is 107 Å². The number of aromatic nitrogens is 2. The number of nitrogens with zero attached hydrogens (tertiary/aromatic N) is 2. The van der Waals surface area contributed by atoms with E-state index in [1.165, 1.54) is 12.1 Å². The summed E-state index contributed by atoms with van der Waals surface area (Å²) in [7, 11) is 0. The highest BCUT2D eigenvalue weighted by molar-refractivity contribution is 6.07. The van der Waals surface area contributed by atoms with Crippen LogP contribution in [0.3, 0.4) is 0 Å². The molecule has 0 aliphatic carbocycles. The lowest BCUT2D eigenvalue weighted by molar-refractivity contribution is 0.0937. The van der Waals surface area contributed by atoms with Crippen molar-refractivity contribution >= 4 is 17.5 Å². The van der Waals surface area contributed by atoms with Gasteiger partial charge in [-0.3, -0.25) is 9.59 Å². The molecule has 0 saturated heterocycles. The molecule has 3 aromatic carbocycles. The van der Waals surface area contributed by atoms with Crippen LogP contribution in [-0.4, -0.2) is 21.6 Å². The normalized spacial score (nSPS) is 10.8. The van der Waals surface area contributed by atoms with Crippen LogP contribution >= 0.6 is 0 Å². The number of benzene rings is 3. The average molecular weight is 457 g/mol. The number of nitrogens with one attached hydrogen (secondary N) is 1. The fourth-order valence-corrected chi connectivity index (χ4v) is 3.19. The van der Waals surface area contributed by atoms with E-state index in [0.29, 0.717) is 4.68 Å². The number of carbonyl (C=O) groups excluding carboxylic acids is 2. The predicted octanol–water partition coefficient (Wildman–Crippen LogP) is 5.19. The molecule has 0 fully saturated rings. The van der Waals surface area contributed by atoms with Crippen molar-refractivity contribution in [3.8, 4) is 11.3 Å². The lowest BCUT2D eigenvalue weighted by atomic mass is 10.1. The van der Waals surface area contributed by atoms with Crippen LogP contribution in [0.4, 0.5) is 27.6 Å². The zero-order chi connectivity index (χ0) is 23.7. The first-order valence-corrected chi connectivity index (χ1v) is 9.36. The topological polar surface area (TPSA) is 64.0 Å². The van der Waals surface area contributed by atoms with E-state index in [1.54, 1.807) is 0 Å². The Labute approximate surface area is 183 Å². The second-order valence-electron chi connectivity index (χ2n) is 6.78. The van der Waals surface area contributed by atoms with Crippen LogP contribution in [0.25, 0.3) is 11.3 Å². The van der Waals surface area contributed by atoms with Gasteiger partial charge in [0, 0.05) is 5.56 Å². The average Bonchev–Trinajstić information content (AvgIpc) is 3.17. The van der Waals surface area contributed by atoms with E-state index < -0.39 is 52.0 Å². The van der Waals surface area contributed by atoms with Crippen molar-refractivity contribution in [1.82, 2.24) is 9.78 Å². The van der Waals surface area contributed by atoms with Crippen molar-refractivity contribution in [3.63, 3.8) is 0 Å². The molecule has 0 bridgehead atoms. The fraction of sp³-hybridized carbons (Fsp3) is 0. The van der Waals surface area contributed by atoms with Crippen LogP contribution in [0.2, 0.25) is 0 Å². The van der Waals surface area contributed by atoms with Gasteiger partial charge in [-0.2, -0.15) is 9.78 Å². The molecular formula is C23H12F5N3O2. The highest BCUT2D eigenvalue weighted by atomic mass is 19.1. The molecule has 0 radical (unpaired) electrons. The first-order chi connectivity index (χ1) is 15.8. The fourth-order valence-electron chi connectivity index (χ4n) is 3.19. The molecule has 0 spiro atoms. The zero-order valence-corrected chi connectivity index (χ0v) is 16.5. The molecule has 10 heteroatoms. The zero-order valence-electron chi connectivity index (χ0n) is 16.5. The quantitative estimate of drug-likeness (QED) is 0.429. The summed E-state index contributed by atoms with van der Waals surface area (Å²) in [6.45, 7) is 0. The van der Waals surface area contributed by atoms with Gasteiger partial charge in [-0.25, -0.2) is 22.0 Å². The first-order valence-electron chi connectivity index (χ1n) is 9.36. The van der Waals surface area contributed by atoms with E-state index in [9.17, 15) is 31.5 Å². The molecule has 5 nitrogen and oxygen atoms in total. The van der Waals surface area contributed by atoms with Gasteiger partial charge >= 0.3 is 0 Å². The Hall–Kier alpha value is -4.34. The van der Waals surface area contributed by atoms with E-state index in [1.807, 2.05) is 0 Å². The molecule has 0 aliphatic rings. The lowest BCUT2D eigenvalue weighted by Crippen LogP contribution is -2.19. The van der Waals surface area contributed by atoms with Gasteiger partial charge in [0.1, 0.15) is 45.9 Å². The molecule has 4 aromatic rings. The number of hydrogen-bond acceptors (Lipinski definition) is 3. The van der Waals surface area contributed by atoms with Gasteiger partial charge in [0.05, 0.1) is 11.9 Å². The first kappa shape index (κ1) is 21.9. The van der Waals surface area contributed by atoms with Crippen LogP contribution in [0.1, 0.15) is 20.7 Å². The third-order valence-electron chi connectivity index (χ3n) is 4.69. The van der Waals surface area contributed by atoms with Crippen molar-refractivity contribution in [2.24, 2.45) is 0 Å². The Morgan fingerprint density at radius 3 is 1.79 bits per heavy atom. The third kappa shape index (κ3) is 4.10. The summed E-state index contributed by atoms with van der Waals surface area (Å²) in [6.07, 6.45) is 0.964. The van der Waals surface area contributed by atoms with Crippen LogP contribution in [-0.2, 0) is 0 Å². The predicted molar refractivity (Wildman–Crippen MR) is 108 cm³/mol. The van der Waals surface area contributed by atoms with Crippen molar-refractivity contribution in [1.29, 1.82) is 0 Å². The Kier molecular flexibility index (Phi) is 5.74. The van der Waals surface area contributed by atoms with Crippen LogP contribution in [0.5, 0.6) is 0 Å². The number of hydrogen-bond donors (Lipinski definition) is 1. The second-order valence-corrected chi connectivity index (χ2v) is 6.78. The summed E-state index contributed by atoms with van der Waals surface area (Å²) < 4.78 is 70.5. The Morgan fingerprint density at radius 2 is 1.24 bits per heavy atom. The summed E-state index contributed by atoms with van der Waals surface area (Å²) in [5.74, 6) is -7.60. The number of anilines is 1. The minimum atomic E-state index is -1.22. The summed E-state index contributed by atoms with van der Waals surface area (Å²) >= 11 is 0. The SMILES string of the molecule is O=C(Nc1cnn(C(=O)c2c(F)cccc2F)c1-c1ccc(F)cc1)c1c(F)cccc1F. The smallest absolute Gasteiger partial charge is 0.284 e. The van der Waals surface area contributed by atoms with E-state index in [-0.39, 0.29) is 16.9 Å². The Bertz CT molecular complexity index is 1340. The van der Waals surface area contributed by atoms with Crippen molar-refractivity contribution in [2.75, 3.05) is 5.32 Å². The minimum Gasteiger partial charge on any atom is -0.319 e. The van der Waals surface area contributed by atoms with Crippen LogP contribution in [0, 0.1) is 29.1 Å². The molecule has 1 heterocycles. The Balaban J connectivity index is 1.84. The van der Waals surface area contributed by atoms with Crippen LogP contribution in [0.15, 0.2) is 66.9 Å². The second kappa shape index (κ2) is 8.65. The summed E-state index contributed by atoms with van der Waals surface area (Å²) in [6, 6.07) is 10.2. The summed E-state index contributed by atoms with van der Waals surface area (Å²) in [5.41, 5.74) is -2.07. The lowest BCUT2D eigenvalue weighted by Gasteiger charge is -2.11. The molecule has 1 amide bonds. The van der Waals surface area contributed by atoms with Crippen molar-refractivity contribution in [2.45, 2.75) is 0 Å². The summed E-state index contributed by atoms with van der Waals surface area (Å²) in [4.78, 5) is 25.5. The number of rotatable bonds is 4. The molecule has 0 unspecified atom stereocenters. The van der Waals surface area contributed by atoms with E-state index in [4.69, 9.17) is 0 Å². The van der Waals surface area contributed by atoms with Gasteiger partial charge in [0.25, 0.3) is 11.8 Å². The molecule has 1 N–H and O–H groups in total. The van der Waals surface area contributed by atoms with Crippen molar-refractivity contribution < 1.29 is 31.5 Å². The van der Waals surface area contributed by atoms with Gasteiger partial charge in [-0.1, -0.05) is 12.1 Å². The number of carbonyl (C=O) groups is 2. The highest BCUT2D eigenvalue weighted by Crippen LogP contribution is 2.30. The molecular weight excluding hydrogens is 445 g/mol. The van der Waals surface area contributed by atoms with Gasteiger partial charge < -0.3 is 5.32 Å². The van der Waals surface area contributed by atoms with E-state index >= 15 is 0 Å². The van der Waals surface area contributed by atoms with Crippen LogP contribution < -0.4 is 5.32 Å². The summed E-state index contributed by atoms with van der Waals surface area (Å²) in [5, 5.41) is 6.04.